The molecule has 21 heavy (non-hydrogen) atoms. The average molecular weight is 291 g/mol. The van der Waals surface area contributed by atoms with Gasteiger partial charge in [0.25, 0.3) is 0 Å². The van der Waals surface area contributed by atoms with E-state index in [4.69, 9.17) is 4.74 Å². The largest absolute Gasteiger partial charge is 0.495 e. The third kappa shape index (κ3) is 4.11. The summed E-state index contributed by atoms with van der Waals surface area (Å²) in [7, 11) is 3.81. The smallest absolute Gasteiger partial charge is 0.142 e. The molecule has 0 bridgehead atoms. The van der Waals surface area contributed by atoms with Crippen LogP contribution in [0.5, 0.6) is 5.75 Å². The second kappa shape index (κ2) is 7.66. The Hall–Kier alpha value is -1.26. The minimum atomic E-state index is 0.572. The minimum Gasteiger partial charge on any atom is -0.495 e. The van der Waals surface area contributed by atoms with Crippen LogP contribution in [0.3, 0.4) is 0 Å². The molecule has 1 heterocycles. The van der Waals surface area contributed by atoms with Crippen molar-refractivity contribution >= 4 is 5.69 Å². The Labute approximate surface area is 129 Å². The summed E-state index contributed by atoms with van der Waals surface area (Å²) in [6.07, 6.45) is 0. The molecule has 4 heteroatoms. The van der Waals surface area contributed by atoms with E-state index in [0.717, 1.165) is 38.5 Å². The zero-order valence-electron chi connectivity index (χ0n) is 13.8. The first-order valence-corrected chi connectivity index (χ1v) is 7.93. The van der Waals surface area contributed by atoms with Crippen molar-refractivity contribution in [1.82, 2.24) is 10.2 Å². The van der Waals surface area contributed by atoms with E-state index < -0.39 is 0 Å². The molecule has 1 aliphatic rings. The van der Waals surface area contributed by atoms with Crippen molar-refractivity contribution in [2.24, 2.45) is 5.92 Å². The zero-order valence-corrected chi connectivity index (χ0v) is 13.8. The van der Waals surface area contributed by atoms with Crippen molar-refractivity contribution in [3.63, 3.8) is 0 Å². The second-order valence-electron chi connectivity index (χ2n) is 6.10. The number of hydrogen-bond donors (Lipinski definition) is 1. The Morgan fingerprint density at radius 3 is 2.38 bits per heavy atom. The first-order valence-electron chi connectivity index (χ1n) is 7.93. The quantitative estimate of drug-likeness (QED) is 0.868. The van der Waals surface area contributed by atoms with Gasteiger partial charge in [0.05, 0.1) is 12.8 Å². The van der Waals surface area contributed by atoms with Crippen molar-refractivity contribution in [2.45, 2.75) is 19.9 Å². The van der Waals surface area contributed by atoms with Crippen LogP contribution in [0.25, 0.3) is 0 Å². The van der Waals surface area contributed by atoms with Gasteiger partial charge in [-0.1, -0.05) is 26.0 Å². The van der Waals surface area contributed by atoms with Crippen LogP contribution in [0.4, 0.5) is 5.69 Å². The highest BCUT2D eigenvalue weighted by Gasteiger charge is 2.22. The van der Waals surface area contributed by atoms with Gasteiger partial charge in [0.1, 0.15) is 5.75 Å². The van der Waals surface area contributed by atoms with E-state index >= 15 is 0 Å². The van der Waals surface area contributed by atoms with E-state index in [1.165, 1.54) is 5.69 Å². The van der Waals surface area contributed by atoms with Crippen molar-refractivity contribution in [1.29, 1.82) is 0 Å². The number of nitrogens with one attached hydrogen (secondary N) is 1. The van der Waals surface area contributed by atoms with Gasteiger partial charge in [0.15, 0.2) is 0 Å². The number of para-hydroxylation sites is 2. The number of methoxy groups -OCH3 is 1. The van der Waals surface area contributed by atoms with Crippen LogP contribution >= 0.6 is 0 Å². The predicted octanol–water partition coefficient (Wildman–Crippen LogP) is 2.06. The van der Waals surface area contributed by atoms with Crippen LogP contribution < -0.4 is 15.0 Å². The molecule has 1 aromatic rings. The fourth-order valence-corrected chi connectivity index (χ4v) is 2.98. The van der Waals surface area contributed by atoms with E-state index in [-0.39, 0.29) is 0 Å². The van der Waals surface area contributed by atoms with Gasteiger partial charge in [0, 0.05) is 38.8 Å². The van der Waals surface area contributed by atoms with Gasteiger partial charge in [-0.3, -0.25) is 4.90 Å². The summed E-state index contributed by atoms with van der Waals surface area (Å²) in [4.78, 5) is 4.99. The molecule has 0 aromatic heterocycles. The molecule has 1 fully saturated rings. The van der Waals surface area contributed by atoms with Crippen molar-refractivity contribution < 1.29 is 4.74 Å². The molecular formula is C17H29N3O. The lowest BCUT2D eigenvalue weighted by molar-refractivity contribution is 0.212. The standard InChI is InChI=1S/C17H29N3O/c1-14(2)15(18-3)13-19-9-11-20(12-10-19)16-7-5-6-8-17(16)21-4/h5-8,14-15,18H,9-13H2,1-4H3. The molecule has 1 N–H and O–H groups in total. The maximum atomic E-state index is 5.47. The lowest BCUT2D eigenvalue weighted by atomic mass is 10.0. The highest BCUT2D eigenvalue weighted by atomic mass is 16.5. The van der Waals surface area contributed by atoms with E-state index in [1.807, 2.05) is 12.1 Å². The molecule has 0 spiro atoms. The number of anilines is 1. The lowest BCUT2D eigenvalue weighted by Gasteiger charge is -2.38. The fourth-order valence-electron chi connectivity index (χ4n) is 2.98. The van der Waals surface area contributed by atoms with Crippen molar-refractivity contribution in [3.8, 4) is 5.75 Å². The van der Waals surface area contributed by atoms with Gasteiger partial charge in [-0.25, -0.2) is 0 Å². The fraction of sp³-hybridized carbons (Fsp3) is 0.647. The molecule has 118 valence electrons. The van der Waals surface area contributed by atoms with E-state index in [9.17, 15) is 0 Å². The summed E-state index contributed by atoms with van der Waals surface area (Å²) in [5, 5.41) is 3.43. The van der Waals surface area contributed by atoms with Gasteiger partial charge >= 0.3 is 0 Å². The first-order chi connectivity index (χ1) is 10.2. The number of benzene rings is 1. The highest BCUT2D eigenvalue weighted by molar-refractivity contribution is 5.58. The topological polar surface area (TPSA) is 27.7 Å². The summed E-state index contributed by atoms with van der Waals surface area (Å²) >= 11 is 0. The maximum Gasteiger partial charge on any atom is 0.142 e. The molecule has 1 unspecified atom stereocenters. The summed E-state index contributed by atoms with van der Waals surface area (Å²) < 4.78 is 5.47. The van der Waals surface area contributed by atoms with Gasteiger partial charge in [0.2, 0.25) is 0 Å². The Balaban J connectivity index is 1.91. The van der Waals surface area contributed by atoms with Crippen molar-refractivity contribution in [3.05, 3.63) is 24.3 Å². The average Bonchev–Trinajstić information content (AvgIpc) is 2.52. The van der Waals surface area contributed by atoms with Gasteiger partial charge < -0.3 is 15.0 Å². The van der Waals surface area contributed by atoms with Crippen LogP contribution in [0.15, 0.2) is 24.3 Å². The number of likely N-dealkylation sites (N-methyl/N-ethyl adjacent to an activating group) is 1. The molecule has 0 aliphatic carbocycles. The zero-order chi connectivity index (χ0) is 15.2. The molecule has 0 amide bonds. The van der Waals surface area contributed by atoms with Gasteiger partial charge in [-0.05, 0) is 25.1 Å². The summed E-state index contributed by atoms with van der Waals surface area (Å²) in [5.41, 5.74) is 1.22. The summed E-state index contributed by atoms with van der Waals surface area (Å²) in [6.45, 7) is 10.1. The van der Waals surface area contributed by atoms with Crippen LogP contribution in [-0.4, -0.2) is 57.8 Å². The molecule has 1 aromatic carbocycles. The third-order valence-electron chi connectivity index (χ3n) is 4.43. The summed E-state index contributed by atoms with van der Waals surface area (Å²) in [5.74, 6) is 1.64. The highest BCUT2D eigenvalue weighted by Crippen LogP contribution is 2.28. The van der Waals surface area contributed by atoms with Crippen LogP contribution in [0.1, 0.15) is 13.8 Å². The monoisotopic (exact) mass is 291 g/mol. The predicted molar refractivity (Wildman–Crippen MR) is 89.3 cm³/mol. The molecule has 0 radical (unpaired) electrons. The number of rotatable bonds is 6. The Morgan fingerprint density at radius 2 is 1.81 bits per heavy atom. The van der Waals surface area contributed by atoms with Gasteiger partial charge in [-0.2, -0.15) is 0 Å². The molecule has 1 aliphatic heterocycles. The van der Waals surface area contributed by atoms with E-state index in [1.54, 1.807) is 7.11 Å². The van der Waals surface area contributed by atoms with Gasteiger partial charge in [-0.15, -0.1) is 0 Å². The number of piperazine rings is 1. The Morgan fingerprint density at radius 1 is 1.14 bits per heavy atom. The second-order valence-corrected chi connectivity index (χ2v) is 6.10. The Kier molecular flexibility index (Phi) is 5.88. The van der Waals surface area contributed by atoms with Crippen LogP contribution in [0, 0.1) is 5.92 Å². The number of hydrogen-bond acceptors (Lipinski definition) is 4. The molecule has 1 saturated heterocycles. The maximum absolute atomic E-state index is 5.47. The third-order valence-corrected chi connectivity index (χ3v) is 4.43. The first kappa shape index (κ1) is 16.1. The molecule has 1 atom stereocenters. The van der Waals surface area contributed by atoms with Crippen LogP contribution in [-0.2, 0) is 0 Å². The SMILES string of the molecule is CNC(CN1CCN(c2ccccc2OC)CC1)C(C)C. The molecule has 0 saturated carbocycles. The minimum absolute atomic E-state index is 0.572. The molecular weight excluding hydrogens is 262 g/mol. The van der Waals surface area contributed by atoms with Crippen LogP contribution in [0.2, 0.25) is 0 Å². The lowest BCUT2D eigenvalue weighted by Crippen LogP contribution is -2.51. The molecule has 4 nitrogen and oxygen atoms in total. The molecule has 2 rings (SSSR count). The number of nitrogens with zero attached hydrogens (tertiary/aromatic N) is 2. The van der Waals surface area contributed by atoms with Crippen molar-refractivity contribution in [2.75, 3.05) is 51.8 Å². The van der Waals surface area contributed by atoms with E-state index in [0.29, 0.717) is 12.0 Å². The Bertz CT molecular complexity index is 428. The van der Waals surface area contributed by atoms with E-state index in [2.05, 4.69) is 48.1 Å². The summed E-state index contributed by atoms with van der Waals surface area (Å²) in [6, 6.07) is 8.87. The normalized spacial score (nSPS) is 18.0. The number of ether oxygens (including phenoxy) is 1.